The number of nitrogens with zero attached hydrogens (tertiary/aromatic N) is 3. The van der Waals surface area contributed by atoms with E-state index < -0.39 is 35.4 Å². The van der Waals surface area contributed by atoms with Crippen molar-refractivity contribution in [2.24, 2.45) is 0 Å². The third kappa shape index (κ3) is 9.63. The number of carbonyl (C=O) groups is 2. The largest absolute Gasteiger partial charge is 0.508 e. The van der Waals surface area contributed by atoms with Crippen LogP contribution in [0.25, 0.3) is 32.9 Å². The second-order valence-electron chi connectivity index (χ2n) is 10.9. The maximum absolute atomic E-state index is 12.8. The highest BCUT2D eigenvalue weighted by molar-refractivity contribution is 6.03. The zero-order valence-corrected chi connectivity index (χ0v) is 28.2. The molecule has 0 aliphatic heterocycles. The quantitative estimate of drug-likeness (QED) is 0.121. The third-order valence-corrected chi connectivity index (χ3v) is 7.28. The minimum Gasteiger partial charge on any atom is -0.508 e. The summed E-state index contributed by atoms with van der Waals surface area (Å²) in [6.07, 6.45) is -9.07. The van der Waals surface area contributed by atoms with Gasteiger partial charge in [-0.25, -0.2) is 9.59 Å². The van der Waals surface area contributed by atoms with Gasteiger partial charge in [0.1, 0.15) is 5.75 Å². The van der Waals surface area contributed by atoms with Crippen molar-refractivity contribution in [1.82, 2.24) is 9.97 Å². The molecule has 2 aromatic heterocycles. The van der Waals surface area contributed by atoms with Gasteiger partial charge >= 0.3 is 24.3 Å². The minimum atomic E-state index is -4.54. The van der Waals surface area contributed by atoms with Gasteiger partial charge in [0.2, 0.25) is 0 Å². The third-order valence-electron chi connectivity index (χ3n) is 7.28. The van der Waals surface area contributed by atoms with E-state index in [0.29, 0.717) is 17.0 Å². The topological polar surface area (TPSA) is 144 Å². The van der Waals surface area contributed by atoms with Crippen LogP contribution in [-0.2, 0) is 12.4 Å². The number of fused-ring (bicyclic) bond motifs is 2. The molecule has 0 spiro atoms. The van der Waals surface area contributed by atoms with Crippen LogP contribution in [0.4, 0.5) is 26.3 Å². The molecule has 0 aliphatic carbocycles. The number of halogens is 6. The second-order valence-corrected chi connectivity index (χ2v) is 10.9. The number of aromatic nitrogens is 2. The van der Waals surface area contributed by atoms with Crippen LogP contribution in [0.3, 0.4) is 0 Å². The van der Waals surface area contributed by atoms with Crippen molar-refractivity contribution >= 4 is 51.1 Å². The SMILES string of the molecule is Cc1ccc2c(C(F)(F)F)ccc(C(=O)O)c2n1.Cc1ccc2c(C(F)(F)F)ccc(C(=O)O)c2n1.N#Cc1ccc(-c2ccc(O)cc2)cc1.[Al]. The van der Waals surface area contributed by atoms with Crippen LogP contribution >= 0.6 is 0 Å². The monoisotopic (exact) mass is 732 g/mol. The summed E-state index contributed by atoms with van der Waals surface area (Å²) >= 11 is 0. The van der Waals surface area contributed by atoms with E-state index in [1.165, 1.54) is 24.3 Å². The molecule has 0 saturated heterocycles. The fourth-order valence-corrected chi connectivity index (χ4v) is 4.86. The fourth-order valence-electron chi connectivity index (χ4n) is 4.86. The first kappa shape index (κ1) is 40.5. The summed E-state index contributed by atoms with van der Waals surface area (Å²) < 4.78 is 76.7. The van der Waals surface area contributed by atoms with E-state index in [1.54, 1.807) is 38.1 Å². The smallest absolute Gasteiger partial charge is 0.417 e. The van der Waals surface area contributed by atoms with Gasteiger partial charge in [-0.1, -0.05) is 36.4 Å². The number of aryl methyl sites for hydroxylation is 2. The fraction of sp³-hybridized carbons (Fsp3) is 0.108. The van der Waals surface area contributed by atoms with Gasteiger partial charge in [-0.05, 0) is 85.6 Å². The van der Waals surface area contributed by atoms with E-state index >= 15 is 0 Å². The first-order valence-corrected chi connectivity index (χ1v) is 14.6. The predicted octanol–water partition coefficient (Wildman–Crippen LogP) is 9.07. The Labute approximate surface area is 302 Å². The van der Waals surface area contributed by atoms with E-state index in [0.717, 1.165) is 35.4 Å². The Hall–Kier alpha value is -5.96. The molecule has 0 atom stereocenters. The van der Waals surface area contributed by atoms with E-state index in [1.807, 2.05) is 24.3 Å². The van der Waals surface area contributed by atoms with Crippen LogP contribution < -0.4 is 0 Å². The van der Waals surface area contributed by atoms with Crippen LogP contribution in [0.2, 0.25) is 0 Å². The summed E-state index contributed by atoms with van der Waals surface area (Å²) in [5.41, 5.74) is 1.13. The normalized spacial score (nSPS) is 10.9. The number of aromatic carboxylic acids is 2. The lowest BCUT2D eigenvalue weighted by molar-refractivity contribution is -0.137. The standard InChI is InChI=1S/C13H9NO.2C12H8F3NO2.Al/c14-9-10-1-3-11(4-2-10)12-5-7-13(15)8-6-12;2*1-6-2-3-7-9(12(13,14)15)5-4-8(11(17)18)10(7)16-6;/h1-8,15H;2*2-5H,1H3,(H,17,18);. The van der Waals surface area contributed by atoms with Gasteiger partial charge in [-0.15, -0.1) is 0 Å². The molecule has 2 heterocycles. The number of phenolic OH excluding ortho intramolecular Hbond substituents is 1. The number of aromatic hydroxyl groups is 1. The summed E-state index contributed by atoms with van der Waals surface area (Å²) in [5.74, 6) is -2.34. The maximum Gasteiger partial charge on any atom is 0.417 e. The van der Waals surface area contributed by atoms with Gasteiger partial charge in [0.25, 0.3) is 0 Å². The molecule has 3 N–H and O–H groups in total. The zero-order chi connectivity index (χ0) is 37.7. The molecule has 52 heavy (non-hydrogen) atoms. The Morgan fingerprint density at radius 3 is 1.29 bits per heavy atom. The van der Waals surface area contributed by atoms with Crippen molar-refractivity contribution in [2.45, 2.75) is 26.2 Å². The lowest BCUT2D eigenvalue weighted by Gasteiger charge is -2.11. The van der Waals surface area contributed by atoms with Gasteiger partial charge in [-0.2, -0.15) is 31.6 Å². The summed E-state index contributed by atoms with van der Waals surface area (Å²) in [5, 5.41) is 35.3. The summed E-state index contributed by atoms with van der Waals surface area (Å²) in [4.78, 5) is 29.7. The number of alkyl halides is 6. The highest BCUT2D eigenvalue weighted by Gasteiger charge is 2.34. The van der Waals surface area contributed by atoms with Crippen molar-refractivity contribution < 1.29 is 51.3 Å². The number of hydrogen-bond acceptors (Lipinski definition) is 6. The Bertz CT molecular complexity index is 2170. The molecule has 0 bridgehead atoms. The molecule has 15 heteroatoms. The lowest BCUT2D eigenvalue weighted by Crippen LogP contribution is -2.09. The van der Waals surface area contributed by atoms with E-state index in [9.17, 15) is 35.9 Å². The first-order valence-electron chi connectivity index (χ1n) is 14.6. The van der Waals surface area contributed by atoms with Crippen LogP contribution in [0.5, 0.6) is 5.75 Å². The Kier molecular flexibility index (Phi) is 12.7. The molecular weight excluding hydrogens is 707 g/mol. The second kappa shape index (κ2) is 16.4. The van der Waals surface area contributed by atoms with Crippen molar-refractivity contribution in [3.8, 4) is 22.9 Å². The number of nitriles is 1. The summed E-state index contributed by atoms with van der Waals surface area (Å²) in [6, 6.07) is 25.1. The average Bonchev–Trinajstić information content (AvgIpc) is 3.07. The number of rotatable bonds is 3. The highest BCUT2D eigenvalue weighted by atomic mass is 27.0. The summed E-state index contributed by atoms with van der Waals surface area (Å²) in [6.45, 7) is 3.18. The van der Waals surface area contributed by atoms with Crippen LogP contribution in [0.1, 0.15) is 48.8 Å². The Morgan fingerprint density at radius 2 is 0.962 bits per heavy atom. The number of pyridine rings is 2. The van der Waals surface area contributed by atoms with Crippen LogP contribution in [0.15, 0.2) is 97.1 Å². The van der Waals surface area contributed by atoms with E-state index in [4.69, 9.17) is 20.6 Å². The predicted molar refractivity (Wildman–Crippen MR) is 181 cm³/mol. The molecular formula is C37H25AlF6N3O5. The molecule has 0 amide bonds. The lowest BCUT2D eigenvalue weighted by atomic mass is 10.0. The molecule has 263 valence electrons. The molecule has 0 fully saturated rings. The number of hydrogen-bond donors (Lipinski definition) is 3. The number of carboxylic acid groups (broad SMARTS) is 2. The maximum atomic E-state index is 12.8. The molecule has 0 aliphatic rings. The molecule has 3 radical (unpaired) electrons. The molecule has 6 rings (SSSR count). The number of phenols is 1. The van der Waals surface area contributed by atoms with Crippen molar-refractivity contribution in [2.75, 3.05) is 0 Å². The number of benzene rings is 4. The van der Waals surface area contributed by atoms with E-state index in [2.05, 4.69) is 16.0 Å². The van der Waals surface area contributed by atoms with Gasteiger partial charge in [0.05, 0.1) is 44.9 Å². The van der Waals surface area contributed by atoms with Crippen molar-refractivity contribution in [1.29, 1.82) is 5.26 Å². The molecule has 0 saturated carbocycles. The molecule has 4 aromatic carbocycles. The highest BCUT2D eigenvalue weighted by Crippen LogP contribution is 2.36. The Morgan fingerprint density at radius 1 is 0.596 bits per heavy atom. The van der Waals surface area contributed by atoms with Crippen molar-refractivity contribution in [3.63, 3.8) is 0 Å². The Balaban J connectivity index is 0.000000209. The van der Waals surface area contributed by atoms with Gasteiger partial charge in [-0.3, -0.25) is 9.97 Å². The first-order chi connectivity index (χ1) is 23.9. The molecule has 8 nitrogen and oxygen atoms in total. The number of carboxylic acids is 2. The van der Waals surface area contributed by atoms with E-state index in [-0.39, 0.29) is 56.0 Å². The average molecular weight is 733 g/mol. The zero-order valence-electron chi connectivity index (χ0n) is 27.1. The van der Waals surface area contributed by atoms with Crippen LogP contribution in [-0.4, -0.2) is 54.6 Å². The van der Waals surface area contributed by atoms with Gasteiger partial charge in [0.15, 0.2) is 0 Å². The van der Waals surface area contributed by atoms with Crippen LogP contribution in [0, 0.1) is 25.2 Å². The minimum absolute atomic E-state index is 0. The molecule has 6 aromatic rings. The van der Waals surface area contributed by atoms with Gasteiger partial charge in [0, 0.05) is 39.5 Å². The van der Waals surface area contributed by atoms with Crippen molar-refractivity contribution in [3.05, 3.63) is 136 Å². The summed E-state index contributed by atoms with van der Waals surface area (Å²) in [7, 11) is 0. The van der Waals surface area contributed by atoms with Gasteiger partial charge < -0.3 is 15.3 Å². The molecule has 0 unspecified atom stereocenters.